The first kappa shape index (κ1) is 18.1. The van der Waals surface area contributed by atoms with Gasteiger partial charge in [0.05, 0.1) is 17.7 Å². The van der Waals surface area contributed by atoms with Crippen molar-refractivity contribution in [1.29, 1.82) is 0 Å². The first-order chi connectivity index (χ1) is 13.1. The second kappa shape index (κ2) is 8.56. The molecule has 27 heavy (non-hydrogen) atoms. The van der Waals surface area contributed by atoms with Gasteiger partial charge in [-0.15, -0.1) is 5.10 Å². The minimum atomic E-state index is -0.449. The number of benzene rings is 2. The number of carbonyl (C=O) groups is 1. The lowest BCUT2D eigenvalue weighted by molar-refractivity contribution is -0.384. The van der Waals surface area contributed by atoms with Crippen LogP contribution in [0.1, 0.15) is 16.1 Å². The second-order valence-electron chi connectivity index (χ2n) is 5.77. The Morgan fingerprint density at radius 3 is 2.52 bits per heavy atom. The zero-order valence-electron chi connectivity index (χ0n) is 14.4. The molecule has 0 aliphatic carbocycles. The van der Waals surface area contributed by atoms with E-state index in [0.29, 0.717) is 19.6 Å². The molecule has 0 saturated carbocycles. The third kappa shape index (κ3) is 5.11. The number of nitro benzene ring substituents is 1. The summed E-state index contributed by atoms with van der Waals surface area (Å²) in [5, 5.41) is 24.3. The Kier molecular flexibility index (Phi) is 5.73. The number of aromatic nitrogens is 3. The van der Waals surface area contributed by atoms with Gasteiger partial charge >= 0.3 is 0 Å². The van der Waals surface area contributed by atoms with Crippen LogP contribution in [0, 0.1) is 10.1 Å². The summed E-state index contributed by atoms with van der Waals surface area (Å²) in [5.41, 5.74) is 2.10. The zero-order valence-corrected chi connectivity index (χ0v) is 14.4. The van der Waals surface area contributed by atoms with Gasteiger partial charge in [0.15, 0.2) is 5.69 Å². The highest BCUT2D eigenvalue weighted by Crippen LogP contribution is 2.14. The van der Waals surface area contributed by atoms with Crippen LogP contribution in [0.2, 0.25) is 0 Å². The summed E-state index contributed by atoms with van der Waals surface area (Å²) in [7, 11) is 0. The van der Waals surface area contributed by atoms with E-state index in [2.05, 4.69) is 20.9 Å². The highest BCUT2D eigenvalue weighted by molar-refractivity contribution is 5.91. The minimum absolute atomic E-state index is 0.0347. The van der Waals surface area contributed by atoms with Crippen LogP contribution in [0.4, 0.5) is 11.4 Å². The van der Waals surface area contributed by atoms with Crippen LogP contribution in [0.3, 0.4) is 0 Å². The van der Waals surface area contributed by atoms with Gasteiger partial charge in [-0.1, -0.05) is 35.5 Å². The monoisotopic (exact) mass is 366 g/mol. The molecule has 0 aliphatic heterocycles. The Hall–Kier alpha value is -3.75. The summed E-state index contributed by atoms with van der Waals surface area (Å²) < 4.78 is 1.61. The Morgan fingerprint density at radius 1 is 1.07 bits per heavy atom. The van der Waals surface area contributed by atoms with E-state index >= 15 is 0 Å². The van der Waals surface area contributed by atoms with E-state index in [1.54, 1.807) is 23.0 Å². The third-order valence-electron chi connectivity index (χ3n) is 3.78. The molecule has 2 aromatic carbocycles. The van der Waals surface area contributed by atoms with E-state index in [9.17, 15) is 14.9 Å². The number of anilines is 1. The fraction of sp³-hybridized carbons (Fsp3) is 0.167. The molecule has 0 bridgehead atoms. The van der Waals surface area contributed by atoms with Crippen molar-refractivity contribution in [3.05, 3.63) is 82.2 Å². The number of amides is 1. The van der Waals surface area contributed by atoms with Gasteiger partial charge in [0.25, 0.3) is 11.6 Å². The zero-order chi connectivity index (χ0) is 19.1. The fourth-order valence-corrected chi connectivity index (χ4v) is 2.42. The minimum Gasteiger partial charge on any atom is -0.383 e. The third-order valence-corrected chi connectivity index (χ3v) is 3.78. The maximum atomic E-state index is 12.1. The van der Waals surface area contributed by atoms with Crippen molar-refractivity contribution in [1.82, 2.24) is 20.3 Å². The van der Waals surface area contributed by atoms with Crippen molar-refractivity contribution in [2.45, 2.75) is 6.54 Å². The highest BCUT2D eigenvalue weighted by atomic mass is 16.6. The van der Waals surface area contributed by atoms with Crippen LogP contribution in [-0.2, 0) is 6.54 Å². The molecular weight excluding hydrogens is 348 g/mol. The van der Waals surface area contributed by atoms with Gasteiger partial charge in [-0.05, 0) is 17.7 Å². The molecule has 138 valence electrons. The van der Waals surface area contributed by atoms with Crippen LogP contribution in [0.25, 0.3) is 0 Å². The number of nitro groups is 1. The van der Waals surface area contributed by atoms with Crippen LogP contribution >= 0.6 is 0 Å². The number of hydrogen-bond acceptors (Lipinski definition) is 6. The summed E-state index contributed by atoms with van der Waals surface area (Å²) in [6.07, 6.45) is 1.60. The normalized spacial score (nSPS) is 10.4. The summed E-state index contributed by atoms with van der Waals surface area (Å²) in [6, 6.07) is 15.9. The van der Waals surface area contributed by atoms with E-state index in [-0.39, 0.29) is 17.3 Å². The molecule has 2 N–H and O–H groups in total. The molecule has 0 unspecified atom stereocenters. The number of nitrogens with one attached hydrogen (secondary N) is 2. The first-order valence-electron chi connectivity index (χ1n) is 8.32. The second-order valence-corrected chi connectivity index (χ2v) is 5.77. The number of non-ortho nitro benzene ring substituents is 1. The number of carbonyl (C=O) groups excluding carboxylic acids is 1. The van der Waals surface area contributed by atoms with E-state index in [1.165, 1.54) is 12.1 Å². The van der Waals surface area contributed by atoms with Crippen molar-refractivity contribution >= 4 is 17.3 Å². The lowest BCUT2D eigenvalue weighted by atomic mass is 10.2. The van der Waals surface area contributed by atoms with Gasteiger partial charge in [0, 0.05) is 30.9 Å². The summed E-state index contributed by atoms with van der Waals surface area (Å²) in [5.74, 6) is -0.306. The average molecular weight is 366 g/mol. The first-order valence-corrected chi connectivity index (χ1v) is 8.32. The van der Waals surface area contributed by atoms with Crippen molar-refractivity contribution in [3.63, 3.8) is 0 Å². The van der Waals surface area contributed by atoms with Gasteiger partial charge in [-0.3, -0.25) is 14.9 Å². The quantitative estimate of drug-likeness (QED) is 0.358. The van der Waals surface area contributed by atoms with E-state index < -0.39 is 4.92 Å². The molecule has 0 saturated heterocycles. The largest absolute Gasteiger partial charge is 0.383 e. The Balaban J connectivity index is 1.43. The Morgan fingerprint density at radius 2 is 1.81 bits per heavy atom. The summed E-state index contributed by atoms with van der Waals surface area (Å²) >= 11 is 0. The molecule has 0 atom stereocenters. The number of hydrogen-bond donors (Lipinski definition) is 2. The molecule has 1 aromatic heterocycles. The maximum Gasteiger partial charge on any atom is 0.273 e. The Bertz CT molecular complexity index is 908. The SMILES string of the molecule is O=C(NCCNc1ccc([N+](=O)[O-])cc1)c1cn(Cc2ccccc2)nn1. The topological polar surface area (TPSA) is 115 Å². The molecular formula is C18H18N6O3. The van der Waals surface area contributed by atoms with Gasteiger partial charge in [0.2, 0.25) is 0 Å². The van der Waals surface area contributed by atoms with Crippen LogP contribution < -0.4 is 10.6 Å². The van der Waals surface area contributed by atoms with Gasteiger partial charge in [-0.25, -0.2) is 4.68 Å². The smallest absolute Gasteiger partial charge is 0.273 e. The number of rotatable bonds is 8. The molecule has 0 aliphatic rings. The van der Waals surface area contributed by atoms with Crippen LogP contribution in [-0.4, -0.2) is 38.9 Å². The molecule has 0 spiro atoms. The molecule has 0 radical (unpaired) electrons. The maximum absolute atomic E-state index is 12.1. The van der Waals surface area contributed by atoms with Gasteiger partial charge < -0.3 is 10.6 Å². The molecule has 3 rings (SSSR count). The summed E-state index contributed by atoms with van der Waals surface area (Å²) in [6.45, 7) is 1.39. The van der Waals surface area contributed by atoms with Crippen LogP contribution in [0.15, 0.2) is 60.8 Å². The molecule has 0 fully saturated rings. The van der Waals surface area contributed by atoms with E-state index in [0.717, 1.165) is 11.3 Å². The standard InChI is InChI=1S/C18H18N6O3/c25-18(17-13-23(22-21-17)12-14-4-2-1-3-5-14)20-11-10-19-15-6-8-16(9-7-15)24(26)27/h1-9,13,19H,10-12H2,(H,20,25). The highest BCUT2D eigenvalue weighted by Gasteiger charge is 2.10. The predicted octanol–water partition coefficient (Wildman–Crippen LogP) is 2.08. The molecule has 1 heterocycles. The molecule has 9 heteroatoms. The number of nitrogens with zero attached hydrogens (tertiary/aromatic N) is 4. The predicted molar refractivity (Wildman–Crippen MR) is 99.5 cm³/mol. The average Bonchev–Trinajstić information content (AvgIpc) is 3.15. The summed E-state index contributed by atoms with van der Waals surface area (Å²) in [4.78, 5) is 22.3. The van der Waals surface area contributed by atoms with E-state index in [1.807, 2.05) is 30.3 Å². The molecule has 9 nitrogen and oxygen atoms in total. The Labute approximate surface area is 155 Å². The lowest BCUT2D eigenvalue weighted by Crippen LogP contribution is -2.29. The van der Waals surface area contributed by atoms with Gasteiger partial charge in [-0.2, -0.15) is 0 Å². The van der Waals surface area contributed by atoms with Crippen molar-refractivity contribution < 1.29 is 9.72 Å². The lowest BCUT2D eigenvalue weighted by Gasteiger charge is -2.06. The van der Waals surface area contributed by atoms with E-state index in [4.69, 9.17) is 0 Å². The van der Waals surface area contributed by atoms with Crippen LogP contribution in [0.5, 0.6) is 0 Å². The van der Waals surface area contributed by atoms with Crippen molar-refractivity contribution in [2.24, 2.45) is 0 Å². The molecule has 3 aromatic rings. The van der Waals surface area contributed by atoms with Crippen molar-refractivity contribution in [3.8, 4) is 0 Å². The van der Waals surface area contributed by atoms with Gasteiger partial charge in [0.1, 0.15) is 0 Å². The fourth-order valence-electron chi connectivity index (χ4n) is 2.42. The van der Waals surface area contributed by atoms with Crippen molar-refractivity contribution in [2.75, 3.05) is 18.4 Å². The molecule has 1 amide bonds.